The Morgan fingerprint density at radius 3 is 2.79 bits per heavy atom. The van der Waals surface area contributed by atoms with Crippen molar-refractivity contribution in [3.05, 3.63) is 56.7 Å². The summed E-state index contributed by atoms with van der Waals surface area (Å²) in [6.45, 7) is 0. The molecule has 0 aliphatic rings. The van der Waals surface area contributed by atoms with E-state index >= 15 is 0 Å². The molecule has 1 unspecified atom stereocenters. The van der Waals surface area contributed by atoms with Crippen LogP contribution in [0.15, 0.2) is 45.5 Å². The maximum Gasteiger partial charge on any atom is 0.122 e. The Balaban J connectivity index is 2.26. The van der Waals surface area contributed by atoms with Crippen LogP contribution in [0.25, 0.3) is 0 Å². The number of aromatic nitrogens is 1. The topological polar surface area (TPSA) is 48.1 Å². The van der Waals surface area contributed by atoms with Gasteiger partial charge in [-0.15, -0.1) is 0 Å². The predicted octanol–water partition coefficient (Wildman–Crippen LogP) is 3.86. The van der Waals surface area contributed by atoms with Crippen LogP contribution in [-0.2, 0) is 6.42 Å². The van der Waals surface area contributed by atoms with Crippen molar-refractivity contribution in [2.45, 2.75) is 12.5 Å². The molecular formula is C14H14Br2N2O. The number of nitrogens with two attached hydrogens (primary N) is 1. The third-order valence-corrected chi connectivity index (χ3v) is 3.98. The number of benzene rings is 1. The van der Waals surface area contributed by atoms with E-state index in [4.69, 9.17) is 10.5 Å². The number of nitrogens with zero attached hydrogens (tertiary/aromatic N) is 1. The zero-order valence-corrected chi connectivity index (χ0v) is 13.6. The molecule has 0 saturated heterocycles. The zero-order chi connectivity index (χ0) is 13.8. The molecule has 1 atom stereocenters. The highest BCUT2D eigenvalue weighted by atomic mass is 79.9. The van der Waals surface area contributed by atoms with E-state index < -0.39 is 0 Å². The normalized spacial score (nSPS) is 12.2. The Morgan fingerprint density at radius 2 is 2.11 bits per heavy atom. The molecule has 5 heteroatoms. The maximum atomic E-state index is 6.24. The standard InChI is InChI=1S/C14H14Br2N2O/c1-19-13-5-4-10(15)7-9(13)8-12(17)14-11(16)3-2-6-18-14/h2-7,12H,8,17H2,1H3. The van der Waals surface area contributed by atoms with Crippen LogP contribution in [0.1, 0.15) is 17.3 Å². The molecule has 0 bridgehead atoms. The van der Waals surface area contributed by atoms with Gasteiger partial charge < -0.3 is 10.5 Å². The molecule has 1 aromatic carbocycles. The number of ether oxygens (including phenoxy) is 1. The van der Waals surface area contributed by atoms with Crippen molar-refractivity contribution in [3.63, 3.8) is 0 Å². The van der Waals surface area contributed by atoms with E-state index in [0.29, 0.717) is 6.42 Å². The number of pyridine rings is 1. The quantitative estimate of drug-likeness (QED) is 0.869. The fourth-order valence-electron chi connectivity index (χ4n) is 1.91. The van der Waals surface area contributed by atoms with E-state index in [1.807, 2.05) is 30.3 Å². The highest BCUT2D eigenvalue weighted by molar-refractivity contribution is 9.10. The van der Waals surface area contributed by atoms with Crippen LogP contribution in [0.5, 0.6) is 5.75 Å². The summed E-state index contributed by atoms with van der Waals surface area (Å²) in [6.07, 6.45) is 2.41. The molecule has 0 aliphatic heterocycles. The van der Waals surface area contributed by atoms with Gasteiger partial charge in [0.25, 0.3) is 0 Å². The summed E-state index contributed by atoms with van der Waals surface area (Å²) in [7, 11) is 1.66. The van der Waals surface area contributed by atoms with Gasteiger partial charge in [-0.1, -0.05) is 15.9 Å². The first kappa shape index (κ1) is 14.5. The van der Waals surface area contributed by atoms with E-state index in [1.165, 1.54) is 0 Å². The minimum Gasteiger partial charge on any atom is -0.496 e. The van der Waals surface area contributed by atoms with Crippen LogP contribution in [-0.4, -0.2) is 12.1 Å². The smallest absolute Gasteiger partial charge is 0.122 e. The molecule has 1 heterocycles. The Labute approximate surface area is 129 Å². The molecule has 0 fully saturated rings. The SMILES string of the molecule is COc1ccc(Br)cc1CC(N)c1ncccc1Br. The van der Waals surface area contributed by atoms with Gasteiger partial charge in [0.1, 0.15) is 5.75 Å². The van der Waals surface area contributed by atoms with Gasteiger partial charge in [-0.3, -0.25) is 4.98 Å². The van der Waals surface area contributed by atoms with E-state index in [9.17, 15) is 0 Å². The molecule has 2 N–H and O–H groups in total. The summed E-state index contributed by atoms with van der Waals surface area (Å²) in [5.74, 6) is 0.839. The van der Waals surface area contributed by atoms with Crippen LogP contribution < -0.4 is 10.5 Å². The lowest BCUT2D eigenvalue weighted by atomic mass is 10.0. The van der Waals surface area contributed by atoms with Gasteiger partial charge in [0.2, 0.25) is 0 Å². The second kappa shape index (κ2) is 6.50. The van der Waals surface area contributed by atoms with Crippen LogP contribution in [0.3, 0.4) is 0 Å². The fraction of sp³-hybridized carbons (Fsp3) is 0.214. The molecule has 0 amide bonds. The van der Waals surface area contributed by atoms with Crippen molar-refractivity contribution in [1.82, 2.24) is 4.98 Å². The molecule has 0 saturated carbocycles. The lowest BCUT2D eigenvalue weighted by Gasteiger charge is -2.15. The summed E-state index contributed by atoms with van der Waals surface area (Å²) in [5.41, 5.74) is 8.15. The van der Waals surface area contributed by atoms with Crippen molar-refractivity contribution in [2.75, 3.05) is 7.11 Å². The van der Waals surface area contributed by atoms with Crippen LogP contribution in [0.2, 0.25) is 0 Å². The Bertz CT molecular complexity index is 575. The van der Waals surface area contributed by atoms with Crippen LogP contribution in [0, 0.1) is 0 Å². The second-order valence-corrected chi connectivity index (χ2v) is 5.91. The largest absolute Gasteiger partial charge is 0.496 e. The van der Waals surface area contributed by atoms with E-state index in [-0.39, 0.29) is 6.04 Å². The molecule has 100 valence electrons. The van der Waals surface area contributed by atoms with Crippen LogP contribution >= 0.6 is 31.9 Å². The van der Waals surface area contributed by atoms with Gasteiger partial charge in [0.05, 0.1) is 18.8 Å². The van der Waals surface area contributed by atoms with Crippen molar-refractivity contribution in [3.8, 4) is 5.75 Å². The lowest BCUT2D eigenvalue weighted by molar-refractivity contribution is 0.408. The van der Waals surface area contributed by atoms with Gasteiger partial charge in [0.15, 0.2) is 0 Å². The van der Waals surface area contributed by atoms with Crippen molar-refractivity contribution >= 4 is 31.9 Å². The highest BCUT2D eigenvalue weighted by Gasteiger charge is 2.14. The van der Waals surface area contributed by atoms with Crippen molar-refractivity contribution < 1.29 is 4.74 Å². The average Bonchev–Trinajstić information content (AvgIpc) is 2.39. The number of methoxy groups -OCH3 is 1. The second-order valence-electron chi connectivity index (χ2n) is 4.14. The van der Waals surface area contributed by atoms with E-state index in [0.717, 1.165) is 26.0 Å². The maximum absolute atomic E-state index is 6.24. The molecule has 2 aromatic rings. The molecule has 3 nitrogen and oxygen atoms in total. The molecule has 2 rings (SSSR count). The average molecular weight is 386 g/mol. The molecule has 19 heavy (non-hydrogen) atoms. The van der Waals surface area contributed by atoms with E-state index in [1.54, 1.807) is 13.3 Å². The summed E-state index contributed by atoms with van der Waals surface area (Å²) in [6, 6.07) is 9.54. The van der Waals surface area contributed by atoms with Gasteiger partial charge in [-0.05, 0) is 58.2 Å². The number of halogens is 2. The van der Waals surface area contributed by atoms with Crippen molar-refractivity contribution in [2.24, 2.45) is 5.73 Å². The first-order chi connectivity index (χ1) is 9.11. The first-order valence-corrected chi connectivity index (χ1v) is 7.39. The molecule has 0 spiro atoms. The molecule has 0 aliphatic carbocycles. The number of hydrogen-bond donors (Lipinski definition) is 1. The Hall–Kier alpha value is -0.910. The highest BCUT2D eigenvalue weighted by Crippen LogP contribution is 2.28. The first-order valence-electron chi connectivity index (χ1n) is 5.80. The van der Waals surface area contributed by atoms with Crippen molar-refractivity contribution in [1.29, 1.82) is 0 Å². The third kappa shape index (κ3) is 3.55. The number of hydrogen-bond acceptors (Lipinski definition) is 3. The summed E-state index contributed by atoms with van der Waals surface area (Å²) in [5, 5.41) is 0. The molecular weight excluding hydrogens is 372 g/mol. The minimum atomic E-state index is -0.182. The molecule has 1 aromatic heterocycles. The summed E-state index contributed by atoms with van der Waals surface area (Å²) in [4.78, 5) is 4.33. The number of rotatable bonds is 4. The lowest BCUT2D eigenvalue weighted by Crippen LogP contribution is -2.16. The zero-order valence-electron chi connectivity index (χ0n) is 10.4. The van der Waals surface area contributed by atoms with Gasteiger partial charge >= 0.3 is 0 Å². The van der Waals surface area contributed by atoms with Crippen LogP contribution in [0.4, 0.5) is 0 Å². The third-order valence-electron chi connectivity index (χ3n) is 2.82. The summed E-state index contributed by atoms with van der Waals surface area (Å²) < 4.78 is 7.30. The van der Waals surface area contributed by atoms with E-state index in [2.05, 4.69) is 36.8 Å². The minimum absolute atomic E-state index is 0.182. The fourth-order valence-corrected chi connectivity index (χ4v) is 2.87. The molecule has 0 radical (unpaired) electrons. The van der Waals surface area contributed by atoms with Gasteiger partial charge in [-0.25, -0.2) is 0 Å². The predicted molar refractivity (Wildman–Crippen MR) is 83.3 cm³/mol. The Kier molecular flexibility index (Phi) is 4.96. The van der Waals surface area contributed by atoms with Gasteiger partial charge in [-0.2, -0.15) is 0 Å². The monoisotopic (exact) mass is 384 g/mol. The Morgan fingerprint density at radius 1 is 1.32 bits per heavy atom. The summed E-state index contributed by atoms with van der Waals surface area (Å²) >= 11 is 6.94. The van der Waals surface area contributed by atoms with Gasteiger partial charge in [0, 0.05) is 15.1 Å².